The predicted molar refractivity (Wildman–Crippen MR) is 97.6 cm³/mol. The first-order valence-electron chi connectivity index (χ1n) is 8.01. The van der Waals surface area contributed by atoms with Crippen molar-refractivity contribution < 1.29 is 0 Å². The summed E-state index contributed by atoms with van der Waals surface area (Å²) < 4.78 is 1.82. The molecule has 5 N–H and O–H groups in total. The quantitative estimate of drug-likeness (QED) is 0.673. The molecule has 3 heterocycles. The Morgan fingerprint density at radius 2 is 2.16 bits per heavy atom. The maximum atomic E-state index is 6.09. The van der Waals surface area contributed by atoms with Crippen molar-refractivity contribution in [1.82, 2.24) is 19.6 Å². The Labute approximate surface area is 145 Å². The SMILES string of the molecule is CC1(N)C=CC(Nc2nccc(-c3cnn4ccccc34)n2)=CC1N. The highest BCUT2D eigenvalue weighted by Crippen LogP contribution is 2.24. The maximum Gasteiger partial charge on any atom is 0.227 e. The molecule has 0 amide bonds. The van der Waals surface area contributed by atoms with Crippen LogP contribution >= 0.6 is 0 Å². The van der Waals surface area contributed by atoms with E-state index in [0.29, 0.717) is 5.95 Å². The van der Waals surface area contributed by atoms with Crippen LogP contribution < -0.4 is 16.8 Å². The van der Waals surface area contributed by atoms with E-state index in [2.05, 4.69) is 20.4 Å². The molecule has 0 spiro atoms. The highest BCUT2D eigenvalue weighted by molar-refractivity contribution is 5.77. The molecular formula is C18H19N7. The topological polar surface area (TPSA) is 107 Å². The molecule has 0 bridgehead atoms. The fourth-order valence-corrected chi connectivity index (χ4v) is 2.72. The van der Waals surface area contributed by atoms with E-state index in [1.807, 2.05) is 60.1 Å². The Kier molecular flexibility index (Phi) is 3.60. The van der Waals surface area contributed by atoms with Gasteiger partial charge in [-0.1, -0.05) is 12.1 Å². The normalized spacial score (nSPS) is 22.8. The third kappa shape index (κ3) is 2.90. The molecule has 7 nitrogen and oxygen atoms in total. The molecular weight excluding hydrogens is 314 g/mol. The van der Waals surface area contributed by atoms with Gasteiger partial charge in [0.2, 0.25) is 5.95 Å². The Balaban J connectivity index is 1.64. The zero-order valence-electron chi connectivity index (χ0n) is 13.8. The molecule has 0 aromatic carbocycles. The fraction of sp³-hybridized carbons (Fsp3) is 0.167. The van der Waals surface area contributed by atoms with Gasteiger partial charge < -0.3 is 16.8 Å². The molecule has 1 aliphatic rings. The molecule has 2 unspecified atom stereocenters. The number of anilines is 1. The van der Waals surface area contributed by atoms with Crippen LogP contribution in [0.25, 0.3) is 16.8 Å². The number of nitrogens with one attached hydrogen (secondary N) is 1. The van der Waals surface area contributed by atoms with Crippen molar-refractivity contribution in [3.63, 3.8) is 0 Å². The first-order chi connectivity index (χ1) is 12.0. The van der Waals surface area contributed by atoms with E-state index in [1.54, 1.807) is 12.4 Å². The van der Waals surface area contributed by atoms with Crippen molar-refractivity contribution in [3.8, 4) is 11.3 Å². The minimum Gasteiger partial charge on any atom is -0.324 e. The maximum absolute atomic E-state index is 6.09. The van der Waals surface area contributed by atoms with Gasteiger partial charge in [0, 0.05) is 29.7 Å². The van der Waals surface area contributed by atoms with E-state index in [1.165, 1.54) is 0 Å². The van der Waals surface area contributed by atoms with Crippen LogP contribution in [0, 0.1) is 0 Å². The van der Waals surface area contributed by atoms with Crippen LogP contribution in [0.1, 0.15) is 6.92 Å². The molecule has 25 heavy (non-hydrogen) atoms. The van der Waals surface area contributed by atoms with E-state index in [4.69, 9.17) is 11.5 Å². The van der Waals surface area contributed by atoms with E-state index in [9.17, 15) is 0 Å². The number of hydrogen-bond acceptors (Lipinski definition) is 6. The second kappa shape index (κ2) is 5.80. The molecule has 2 atom stereocenters. The summed E-state index contributed by atoms with van der Waals surface area (Å²) in [6.07, 6.45) is 11.1. The Morgan fingerprint density at radius 1 is 1.28 bits per heavy atom. The van der Waals surface area contributed by atoms with Gasteiger partial charge in [-0.25, -0.2) is 14.5 Å². The molecule has 1 aliphatic carbocycles. The predicted octanol–water partition coefficient (Wildman–Crippen LogP) is 1.70. The minimum atomic E-state index is -0.551. The van der Waals surface area contributed by atoms with Crippen LogP contribution in [0.4, 0.5) is 5.95 Å². The average molecular weight is 333 g/mol. The van der Waals surface area contributed by atoms with Gasteiger partial charge in [-0.3, -0.25) is 0 Å². The second-order valence-corrected chi connectivity index (χ2v) is 6.33. The van der Waals surface area contributed by atoms with Gasteiger partial charge in [0.25, 0.3) is 0 Å². The molecule has 0 saturated carbocycles. The monoisotopic (exact) mass is 333 g/mol. The van der Waals surface area contributed by atoms with Crippen LogP contribution in [0.15, 0.2) is 66.8 Å². The zero-order chi connectivity index (χ0) is 17.4. The van der Waals surface area contributed by atoms with Gasteiger partial charge in [-0.05, 0) is 37.3 Å². The molecule has 3 aromatic rings. The first-order valence-corrected chi connectivity index (χ1v) is 8.01. The third-order valence-electron chi connectivity index (χ3n) is 4.31. The molecule has 0 radical (unpaired) electrons. The number of aromatic nitrogens is 4. The number of allylic oxidation sites excluding steroid dienone is 1. The van der Waals surface area contributed by atoms with Crippen LogP contribution in [0.2, 0.25) is 0 Å². The van der Waals surface area contributed by atoms with Gasteiger partial charge in [-0.2, -0.15) is 5.10 Å². The molecule has 0 saturated heterocycles. The molecule has 0 fully saturated rings. The second-order valence-electron chi connectivity index (χ2n) is 6.33. The van der Waals surface area contributed by atoms with Gasteiger partial charge in [-0.15, -0.1) is 0 Å². The minimum absolute atomic E-state index is 0.275. The van der Waals surface area contributed by atoms with E-state index in [-0.39, 0.29) is 6.04 Å². The molecule has 3 aromatic heterocycles. The summed E-state index contributed by atoms with van der Waals surface area (Å²) in [7, 11) is 0. The first kappa shape index (κ1) is 15.5. The van der Waals surface area contributed by atoms with Gasteiger partial charge in [0.1, 0.15) is 0 Å². The summed E-state index contributed by atoms with van der Waals surface area (Å²) >= 11 is 0. The van der Waals surface area contributed by atoms with Crippen molar-refractivity contribution in [2.45, 2.75) is 18.5 Å². The van der Waals surface area contributed by atoms with Crippen LogP contribution in [-0.4, -0.2) is 31.2 Å². The van der Waals surface area contributed by atoms with E-state index >= 15 is 0 Å². The lowest BCUT2D eigenvalue weighted by atomic mass is 9.89. The Morgan fingerprint density at radius 3 is 3.00 bits per heavy atom. The summed E-state index contributed by atoms with van der Waals surface area (Å²) in [4.78, 5) is 8.89. The summed E-state index contributed by atoms with van der Waals surface area (Å²) in [6, 6.07) is 7.51. The summed E-state index contributed by atoms with van der Waals surface area (Å²) in [5.74, 6) is 0.497. The smallest absolute Gasteiger partial charge is 0.227 e. The highest BCUT2D eigenvalue weighted by atomic mass is 15.2. The van der Waals surface area contributed by atoms with Gasteiger partial charge >= 0.3 is 0 Å². The molecule has 126 valence electrons. The lowest BCUT2D eigenvalue weighted by molar-refractivity contribution is 0.512. The Bertz CT molecular complexity index is 984. The number of rotatable bonds is 3. The molecule has 0 aliphatic heterocycles. The van der Waals surface area contributed by atoms with Crippen LogP contribution in [0.3, 0.4) is 0 Å². The van der Waals surface area contributed by atoms with Crippen molar-refractivity contribution in [3.05, 3.63) is 66.8 Å². The van der Waals surface area contributed by atoms with Crippen molar-refractivity contribution in [2.24, 2.45) is 11.5 Å². The van der Waals surface area contributed by atoms with Gasteiger partial charge in [0.15, 0.2) is 0 Å². The number of pyridine rings is 1. The lowest BCUT2D eigenvalue weighted by Gasteiger charge is -2.29. The average Bonchev–Trinajstić information content (AvgIpc) is 3.03. The largest absolute Gasteiger partial charge is 0.324 e. The number of fused-ring (bicyclic) bond motifs is 1. The molecule has 7 heteroatoms. The number of hydrogen-bond donors (Lipinski definition) is 3. The van der Waals surface area contributed by atoms with Crippen LogP contribution in [0.5, 0.6) is 0 Å². The summed E-state index contributed by atoms with van der Waals surface area (Å²) in [6.45, 7) is 1.89. The summed E-state index contributed by atoms with van der Waals surface area (Å²) in [5.41, 5.74) is 15.2. The lowest BCUT2D eigenvalue weighted by Crippen LogP contribution is -2.51. The molecule has 4 rings (SSSR count). The van der Waals surface area contributed by atoms with Crippen molar-refractivity contribution in [2.75, 3.05) is 5.32 Å². The van der Waals surface area contributed by atoms with Crippen molar-refractivity contribution >= 4 is 11.5 Å². The third-order valence-corrected chi connectivity index (χ3v) is 4.31. The zero-order valence-corrected chi connectivity index (χ0v) is 13.8. The highest BCUT2D eigenvalue weighted by Gasteiger charge is 2.25. The van der Waals surface area contributed by atoms with E-state index < -0.39 is 5.54 Å². The standard InChI is InChI=1S/C18H19N7/c1-18(20)7-5-12(10-16(18)19)23-17-21-8-6-14(24-17)13-11-22-25-9-3-2-4-15(13)25/h2-11,16H,19-20H2,1H3,(H,21,23,24). The van der Waals surface area contributed by atoms with E-state index in [0.717, 1.165) is 22.5 Å². The summed E-state index contributed by atoms with van der Waals surface area (Å²) in [5, 5.41) is 7.54. The number of nitrogens with two attached hydrogens (primary N) is 2. The Hall–Kier alpha value is -3.03. The van der Waals surface area contributed by atoms with Crippen molar-refractivity contribution in [1.29, 1.82) is 0 Å². The fourth-order valence-electron chi connectivity index (χ4n) is 2.72. The van der Waals surface area contributed by atoms with Crippen LogP contribution in [-0.2, 0) is 0 Å². The number of nitrogens with zero attached hydrogens (tertiary/aromatic N) is 4. The van der Waals surface area contributed by atoms with Gasteiger partial charge in [0.05, 0.1) is 22.9 Å².